The van der Waals surface area contributed by atoms with Crippen molar-refractivity contribution >= 4 is 27.5 Å². The number of hydrogen-bond acceptors (Lipinski definition) is 3. The quantitative estimate of drug-likeness (QED) is 0.840. The highest BCUT2D eigenvalue weighted by atomic mass is 79.9. The number of nitrogens with zero attached hydrogens (tertiary/aromatic N) is 2. The Kier molecular flexibility index (Phi) is 5.67. The van der Waals surface area contributed by atoms with Crippen LogP contribution in [0.25, 0.3) is 0 Å². The molecule has 0 atom stereocenters. The molecule has 2 aromatic rings. The van der Waals surface area contributed by atoms with Gasteiger partial charge in [0.15, 0.2) is 0 Å². The Morgan fingerprint density at radius 3 is 2.81 bits per heavy atom. The van der Waals surface area contributed by atoms with Gasteiger partial charge in [0.05, 0.1) is 20.9 Å². The van der Waals surface area contributed by atoms with E-state index in [1.807, 2.05) is 37.0 Å². The van der Waals surface area contributed by atoms with Crippen LogP contribution in [-0.2, 0) is 26.6 Å². The summed E-state index contributed by atoms with van der Waals surface area (Å²) in [6.07, 6.45) is 0.880. The van der Waals surface area contributed by atoms with E-state index in [2.05, 4.69) is 33.3 Å². The van der Waals surface area contributed by atoms with Crippen molar-refractivity contribution < 1.29 is 4.74 Å². The van der Waals surface area contributed by atoms with Gasteiger partial charge in [-0.05, 0) is 35.5 Å². The molecule has 0 radical (unpaired) electrons. The van der Waals surface area contributed by atoms with Crippen LogP contribution in [0.5, 0.6) is 5.75 Å². The summed E-state index contributed by atoms with van der Waals surface area (Å²) in [4.78, 5) is 0. The summed E-state index contributed by atoms with van der Waals surface area (Å²) in [6.45, 7) is 3.21. The molecule has 0 aliphatic rings. The van der Waals surface area contributed by atoms with Gasteiger partial charge in [0.2, 0.25) is 0 Å². The molecule has 0 saturated carbocycles. The summed E-state index contributed by atoms with van der Waals surface area (Å²) >= 11 is 9.85. The molecule has 0 bridgehead atoms. The molecule has 2 rings (SSSR count). The normalized spacial score (nSPS) is 10.9. The van der Waals surface area contributed by atoms with Gasteiger partial charge in [-0.1, -0.05) is 30.7 Å². The fourth-order valence-corrected chi connectivity index (χ4v) is 3.14. The van der Waals surface area contributed by atoms with Crippen LogP contribution >= 0.6 is 27.5 Å². The summed E-state index contributed by atoms with van der Waals surface area (Å²) in [5.74, 6) is 0.722. The molecule has 4 nitrogen and oxygen atoms in total. The standard InChI is InChI=1S/C15H19BrClN3O/c1-4-12-14(16)13(20(3)19-12)9-21-15-10(8-18-2)6-5-7-11(15)17/h5-7,18H,4,8-9H2,1-3H3. The maximum absolute atomic E-state index is 6.26. The molecule has 0 aliphatic heterocycles. The van der Waals surface area contributed by atoms with Gasteiger partial charge in [0, 0.05) is 19.2 Å². The van der Waals surface area contributed by atoms with Crippen LogP contribution in [0.4, 0.5) is 0 Å². The first-order chi connectivity index (χ1) is 10.1. The fourth-order valence-electron chi connectivity index (χ4n) is 2.16. The Balaban J connectivity index is 2.22. The largest absolute Gasteiger partial charge is 0.485 e. The number of aryl methyl sites for hydroxylation is 2. The van der Waals surface area contributed by atoms with Gasteiger partial charge in [-0.25, -0.2) is 0 Å². The van der Waals surface area contributed by atoms with Gasteiger partial charge in [-0.3, -0.25) is 4.68 Å². The van der Waals surface area contributed by atoms with E-state index in [-0.39, 0.29) is 0 Å². The molecule has 0 saturated heterocycles. The molecule has 114 valence electrons. The average molecular weight is 373 g/mol. The lowest BCUT2D eigenvalue weighted by Gasteiger charge is -2.13. The van der Waals surface area contributed by atoms with Crippen molar-refractivity contribution in [3.05, 3.63) is 44.6 Å². The molecule has 1 N–H and O–H groups in total. The predicted octanol–water partition coefficient (Wildman–Crippen LogP) is 3.70. The molecule has 1 aromatic carbocycles. The van der Waals surface area contributed by atoms with E-state index in [1.54, 1.807) is 0 Å². The first-order valence-corrected chi connectivity index (χ1v) is 8.00. The van der Waals surface area contributed by atoms with E-state index < -0.39 is 0 Å². The van der Waals surface area contributed by atoms with Crippen LogP contribution < -0.4 is 10.1 Å². The first kappa shape index (κ1) is 16.3. The topological polar surface area (TPSA) is 39.1 Å². The van der Waals surface area contributed by atoms with Crippen molar-refractivity contribution in [3.8, 4) is 5.75 Å². The van der Waals surface area contributed by atoms with Crippen molar-refractivity contribution in [3.63, 3.8) is 0 Å². The molecule has 0 spiro atoms. The van der Waals surface area contributed by atoms with Gasteiger partial charge in [-0.2, -0.15) is 5.10 Å². The van der Waals surface area contributed by atoms with Crippen LogP contribution in [-0.4, -0.2) is 16.8 Å². The molecule has 0 amide bonds. The van der Waals surface area contributed by atoms with Crippen molar-refractivity contribution in [2.24, 2.45) is 7.05 Å². The van der Waals surface area contributed by atoms with Gasteiger partial charge >= 0.3 is 0 Å². The van der Waals surface area contributed by atoms with Gasteiger partial charge in [0.1, 0.15) is 12.4 Å². The van der Waals surface area contributed by atoms with Crippen molar-refractivity contribution in [2.75, 3.05) is 7.05 Å². The number of hydrogen-bond donors (Lipinski definition) is 1. The SMILES string of the molecule is CCc1nn(C)c(COc2c(Cl)cccc2CNC)c1Br. The minimum Gasteiger partial charge on any atom is -0.485 e. The molecule has 1 aromatic heterocycles. The third kappa shape index (κ3) is 3.59. The number of ether oxygens (including phenoxy) is 1. The highest BCUT2D eigenvalue weighted by Crippen LogP contribution is 2.30. The highest BCUT2D eigenvalue weighted by Gasteiger charge is 2.15. The predicted molar refractivity (Wildman–Crippen MR) is 88.8 cm³/mol. The molecule has 21 heavy (non-hydrogen) atoms. The number of benzene rings is 1. The van der Waals surface area contributed by atoms with E-state index in [0.717, 1.165) is 33.6 Å². The lowest BCUT2D eigenvalue weighted by Crippen LogP contribution is -2.09. The zero-order valence-electron chi connectivity index (χ0n) is 12.4. The van der Waals surface area contributed by atoms with Crippen LogP contribution in [0.3, 0.4) is 0 Å². The Morgan fingerprint density at radius 1 is 1.43 bits per heavy atom. The van der Waals surface area contributed by atoms with Crippen LogP contribution in [0, 0.1) is 0 Å². The lowest BCUT2D eigenvalue weighted by molar-refractivity contribution is 0.291. The Bertz CT molecular complexity index is 628. The lowest BCUT2D eigenvalue weighted by atomic mass is 10.2. The molecular weight excluding hydrogens is 354 g/mol. The van der Waals surface area contributed by atoms with Crippen molar-refractivity contribution in [1.29, 1.82) is 0 Å². The first-order valence-electron chi connectivity index (χ1n) is 6.83. The van der Waals surface area contributed by atoms with E-state index >= 15 is 0 Å². The molecule has 6 heteroatoms. The van der Waals surface area contributed by atoms with Crippen molar-refractivity contribution in [2.45, 2.75) is 26.5 Å². The smallest absolute Gasteiger partial charge is 0.142 e. The second-order valence-corrected chi connectivity index (χ2v) is 5.93. The monoisotopic (exact) mass is 371 g/mol. The summed E-state index contributed by atoms with van der Waals surface area (Å²) in [5.41, 5.74) is 3.08. The van der Waals surface area contributed by atoms with Gasteiger partial charge in [-0.15, -0.1) is 0 Å². The van der Waals surface area contributed by atoms with E-state index in [1.165, 1.54) is 0 Å². The van der Waals surface area contributed by atoms with Crippen molar-refractivity contribution in [1.82, 2.24) is 15.1 Å². The number of para-hydroxylation sites is 1. The van der Waals surface area contributed by atoms with Crippen LogP contribution in [0.1, 0.15) is 23.9 Å². The number of aromatic nitrogens is 2. The van der Waals surface area contributed by atoms with E-state index in [9.17, 15) is 0 Å². The number of nitrogens with one attached hydrogen (secondary N) is 1. The summed E-state index contributed by atoms with van der Waals surface area (Å²) in [6, 6.07) is 5.77. The highest BCUT2D eigenvalue weighted by molar-refractivity contribution is 9.10. The molecule has 0 fully saturated rings. The third-order valence-electron chi connectivity index (χ3n) is 3.27. The van der Waals surface area contributed by atoms with Gasteiger partial charge < -0.3 is 10.1 Å². The maximum atomic E-state index is 6.26. The van der Waals surface area contributed by atoms with E-state index in [0.29, 0.717) is 18.2 Å². The average Bonchev–Trinajstić information content (AvgIpc) is 2.73. The number of halogens is 2. The number of rotatable bonds is 6. The molecule has 0 unspecified atom stereocenters. The second kappa shape index (κ2) is 7.29. The minimum atomic E-state index is 0.421. The second-order valence-electron chi connectivity index (χ2n) is 4.73. The van der Waals surface area contributed by atoms with Crippen LogP contribution in [0.15, 0.2) is 22.7 Å². The molecular formula is C15H19BrClN3O. The fraction of sp³-hybridized carbons (Fsp3) is 0.400. The zero-order chi connectivity index (χ0) is 15.4. The third-order valence-corrected chi connectivity index (χ3v) is 4.48. The Labute approximate surface area is 138 Å². The molecule has 0 aliphatic carbocycles. The van der Waals surface area contributed by atoms with Gasteiger partial charge in [0.25, 0.3) is 0 Å². The zero-order valence-corrected chi connectivity index (χ0v) is 14.8. The van der Waals surface area contributed by atoms with E-state index in [4.69, 9.17) is 16.3 Å². The van der Waals surface area contributed by atoms with Crippen LogP contribution in [0.2, 0.25) is 5.02 Å². The Morgan fingerprint density at radius 2 is 2.19 bits per heavy atom. The molecule has 1 heterocycles. The minimum absolute atomic E-state index is 0.421. The maximum Gasteiger partial charge on any atom is 0.142 e. The summed E-state index contributed by atoms with van der Waals surface area (Å²) < 4.78 is 8.82. The Hall–Kier alpha value is -1.04. The summed E-state index contributed by atoms with van der Waals surface area (Å²) in [5, 5.41) is 8.21. The summed E-state index contributed by atoms with van der Waals surface area (Å²) in [7, 11) is 3.82.